The van der Waals surface area contributed by atoms with Crippen molar-refractivity contribution in [3.8, 4) is 5.69 Å². The minimum Gasteiger partial charge on any atom is -0.480 e. The molecule has 94 valence electrons. The molecule has 0 aliphatic carbocycles. The van der Waals surface area contributed by atoms with E-state index in [0.29, 0.717) is 5.69 Å². The minimum absolute atomic E-state index is 0.144. The lowest BCUT2D eigenvalue weighted by atomic mass is 10.3. The average Bonchev–Trinajstić information content (AvgIpc) is 2.96. The molecule has 0 fully saturated rings. The maximum atomic E-state index is 10.8. The van der Waals surface area contributed by atoms with Gasteiger partial charge in [-0.3, -0.25) is 14.8 Å². The van der Waals surface area contributed by atoms with E-state index in [1.54, 1.807) is 0 Å². The van der Waals surface area contributed by atoms with Gasteiger partial charge in [0.15, 0.2) is 0 Å². The van der Waals surface area contributed by atoms with Crippen LogP contribution < -0.4 is 0 Å². The van der Waals surface area contributed by atoms with Crippen LogP contribution in [0.2, 0.25) is 0 Å². The molecule has 0 bridgehead atoms. The predicted octanol–water partition coefficient (Wildman–Crippen LogP) is 0.623. The van der Waals surface area contributed by atoms with Crippen molar-refractivity contribution in [3.63, 3.8) is 0 Å². The van der Waals surface area contributed by atoms with E-state index in [1.807, 2.05) is 0 Å². The monoisotopic (exact) mass is 251 g/mol. The second-order valence-electron chi connectivity index (χ2n) is 3.59. The van der Waals surface area contributed by atoms with Crippen LogP contribution in [0.5, 0.6) is 0 Å². The summed E-state index contributed by atoms with van der Waals surface area (Å²) in [4.78, 5) is 20.7. The van der Waals surface area contributed by atoms with Crippen molar-refractivity contribution in [2.24, 2.45) is 0 Å². The first-order valence-corrected chi connectivity index (χ1v) is 4.95. The first kappa shape index (κ1) is 11.8. The Morgan fingerprint density at radius 2 is 2.17 bits per heavy atom. The predicted molar refractivity (Wildman–Crippen MR) is 58.4 cm³/mol. The van der Waals surface area contributed by atoms with E-state index in [0.717, 1.165) is 6.20 Å². The van der Waals surface area contributed by atoms with Crippen LogP contribution in [0.25, 0.3) is 5.69 Å². The van der Waals surface area contributed by atoms with Crippen molar-refractivity contribution in [1.29, 1.82) is 0 Å². The van der Waals surface area contributed by atoms with E-state index >= 15 is 0 Å². The number of nitro groups is 1. The van der Waals surface area contributed by atoms with Crippen molar-refractivity contribution in [1.82, 2.24) is 19.6 Å². The molecule has 0 aliphatic heterocycles. The molecule has 0 radical (unpaired) electrons. The molecule has 2 heterocycles. The van der Waals surface area contributed by atoms with Crippen LogP contribution in [-0.2, 0) is 4.79 Å². The summed E-state index contributed by atoms with van der Waals surface area (Å²) in [7, 11) is 0. The first-order valence-electron chi connectivity index (χ1n) is 4.95. The Balaban J connectivity index is 2.29. The summed E-state index contributed by atoms with van der Waals surface area (Å²) in [6.45, 7) is 1.48. The second kappa shape index (κ2) is 4.28. The normalized spacial score (nSPS) is 12.3. The summed E-state index contributed by atoms with van der Waals surface area (Å²) in [6.07, 6.45) is 5.18. The highest BCUT2D eigenvalue weighted by Gasteiger charge is 2.16. The number of carboxylic acids is 1. The summed E-state index contributed by atoms with van der Waals surface area (Å²) < 4.78 is 2.50. The molecule has 0 amide bonds. The van der Waals surface area contributed by atoms with Crippen LogP contribution in [0.1, 0.15) is 13.0 Å². The molecule has 0 saturated carbocycles. The summed E-state index contributed by atoms with van der Waals surface area (Å²) in [5, 5.41) is 27.0. The van der Waals surface area contributed by atoms with Gasteiger partial charge in [-0.15, -0.1) is 0 Å². The van der Waals surface area contributed by atoms with E-state index in [9.17, 15) is 14.9 Å². The molecular formula is C9H9N5O4. The van der Waals surface area contributed by atoms with Gasteiger partial charge >= 0.3 is 11.7 Å². The van der Waals surface area contributed by atoms with Gasteiger partial charge in [0.05, 0.1) is 17.3 Å². The van der Waals surface area contributed by atoms with Crippen LogP contribution in [-0.4, -0.2) is 35.6 Å². The fourth-order valence-electron chi connectivity index (χ4n) is 1.32. The fraction of sp³-hybridized carbons (Fsp3) is 0.222. The second-order valence-corrected chi connectivity index (χ2v) is 3.59. The molecule has 18 heavy (non-hydrogen) atoms. The topological polar surface area (TPSA) is 116 Å². The molecule has 9 heteroatoms. The van der Waals surface area contributed by atoms with Gasteiger partial charge in [-0.25, -0.2) is 9.48 Å². The van der Waals surface area contributed by atoms with Crippen LogP contribution in [0.15, 0.2) is 24.8 Å². The Kier molecular flexibility index (Phi) is 2.80. The van der Waals surface area contributed by atoms with Crippen molar-refractivity contribution >= 4 is 11.7 Å². The van der Waals surface area contributed by atoms with Gasteiger partial charge in [0.2, 0.25) is 0 Å². The largest absolute Gasteiger partial charge is 0.480 e. The molecule has 9 nitrogen and oxygen atoms in total. The van der Waals surface area contributed by atoms with Gasteiger partial charge < -0.3 is 5.11 Å². The van der Waals surface area contributed by atoms with Gasteiger partial charge in [-0.05, 0) is 6.92 Å². The molecular weight excluding hydrogens is 242 g/mol. The average molecular weight is 251 g/mol. The maximum Gasteiger partial charge on any atom is 0.328 e. The zero-order chi connectivity index (χ0) is 13.3. The number of hydrogen-bond donors (Lipinski definition) is 1. The highest BCUT2D eigenvalue weighted by atomic mass is 16.6. The van der Waals surface area contributed by atoms with Gasteiger partial charge in [-0.1, -0.05) is 0 Å². The molecule has 2 rings (SSSR count). The lowest BCUT2D eigenvalue weighted by molar-refractivity contribution is -0.384. The van der Waals surface area contributed by atoms with Crippen LogP contribution in [0, 0.1) is 10.1 Å². The zero-order valence-electron chi connectivity index (χ0n) is 9.29. The molecule has 0 saturated heterocycles. The molecule has 0 aromatic carbocycles. The minimum atomic E-state index is -1.02. The SMILES string of the molecule is CC(C(=O)O)n1cc(-n2cc([N+](=O)[O-])cn2)cn1. The molecule has 1 unspecified atom stereocenters. The Labute approximate surface area is 100 Å². The smallest absolute Gasteiger partial charge is 0.328 e. The zero-order valence-corrected chi connectivity index (χ0v) is 9.29. The first-order chi connectivity index (χ1) is 8.49. The molecule has 1 atom stereocenters. The van der Waals surface area contributed by atoms with Crippen molar-refractivity contribution in [3.05, 3.63) is 34.9 Å². The fourth-order valence-corrected chi connectivity index (χ4v) is 1.32. The molecule has 2 aromatic rings. The highest BCUT2D eigenvalue weighted by molar-refractivity contribution is 5.71. The maximum absolute atomic E-state index is 10.8. The van der Waals surface area contributed by atoms with Gasteiger partial charge in [0.25, 0.3) is 0 Å². The quantitative estimate of drug-likeness (QED) is 0.629. The van der Waals surface area contributed by atoms with Crippen molar-refractivity contribution in [2.45, 2.75) is 13.0 Å². The number of hydrogen-bond acceptors (Lipinski definition) is 5. The summed E-state index contributed by atoms with van der Waals surface area (Å²) in [5.41, 5.74) is 0.310. The number of aromatic nitrogens is 4. The third-order valence-corrected chi connectivity index (χ3v) is 2.39. The number of carbonyl (C=O) groups is 1. The number of aliphatic carboxylic acids is 1. The van der Waals surface area contributed by atoms with Gasteiger partial charge in [-0.2, -0.15) is 10.2 Å². The molecule has 0 aliphatic rings. The van der Waals surface area contributed by atoms with Crippen LogP contribution in [0.4, 0.5) is 5.69 Å². The Hall–Kier alpha value is -2.71. The Morgan fingerprint density at radius 3 is 2.72 bits per heavy atom. The van der Waals surface area contributed by atoms with E-state index in [-0.39, 0.29) is 5.69 Å². The third kappa shape index (κ3) is 2.05. The van der Waals surface area contributed by atoms with Crippen molar-refractivity contribution in [2.75, 3.05) is 0 Å². The molecule has 1 N–H and O–H groups in total. The standard InChI is InChI=1S/C9H9N5O4/c1-6(9(15)16)12-4-7(2-10-12)13-5-8(3-11-13)14(17)18/h2-6H,1H3,(H,15,16). The number of nitrogens with zero attached hydrogens (tertiary/aromatic N) is 5. The lowest BCUT2D eigenvalue weighted by Gasteiger charge is -2.04. The highest BCUT2D eigenvalue weighted by Crippen LogP contribution is 2.14. The molecule has 2 aromatic heterocycles. The molecule has 0 spiro atoms. The summed E-state index contributed by atoms with van der Waals surface area (Å²) in [5.74, 6) is -1.02. The summed E-state index contributed by atoms with van der Waals surface area (Å²) >= 11 is 0. The van der Waals surface area contributed by atoms with E-state index in [2.05, 4.69) is 10.2 Å². The van der Waals surface area contributed by atoms with Gasteiger partial charge in [0.1, 0.15) is 24.1 Å². The van der Waals surface area contributed by atoms with E-state index in [4.69, 9.17) is 5.11 Å². The summed E-state index contributed by atoms with van der Waals surface area (Å²) in [6, 6.07) is -0.815. The van der Waals surface area contributed by atoms with Crippen molar-refractivity contribution < 1.29 is 14.8 Å². The van der Waals surface area contributed by atoms with Crippen LogP contribution >= 0.6 is 0 Å². The lowest BCUT2D eigenvalue weighted by Crippen LogP contribution is -2.15. The van der Waals surface area contributed by atoms with Gasteiger partial charge in [0, 0.05) is 0 Å². The number of rotatable bonds is 4. The Bertz CT molecular complexity index is 602. The third-order valence-electron chi connectivity index (χ3n) is 2.39. The number of carboxylic acid groups (broad SMARTS) is 1. The van der Waals surface area contributed by atoms with Crippen LogP contribution in [0.3, 0.4) is 0 Å². The van der Waals surface area contributed by atoms with E-state index < -0.39 is 16.9 Å². The Morgan fingerprint density at radius 1 is 1.44 bits per heavy atom. The van der Waals surface area contributed by atoms with E-state index in [1.165, 1.54) is 34.9 Å².